The number of rotatable bonds is 5. The molecule has 1 aliphatic heterocycles. The number of esters is 1. The topological polar surface area (TPSA) is 85.8 Å². The molecule has 0 N–H and O–H groups in total. The van der Waals surface area contributed by atoms with Gasteiger partial charge in [0.25, 0.3) is 0 Å². The van der Waals surface area contributed by atoms with Crippen LogP contribution in [0.1, 0.15) is 6.42 Å². The van der Waals surface area contributed by atoms with Gasteiger partial charge in [0.05, 0.1) is 28.5 Å². The van der Waals surface area contributed by atoms with Gasteiger partial charge < -0.3 is 14.4 Å². The number of thiazole rings is 1. The number of benzene rings is 2. The summed E-state index contributed by atoms with van der Waals surface area (Å²) in [5.74, 6) is -0.857. The van der Waals surface area contributed by atoms with Crippen LogP contribution in [0.25, 0.3) is 10.2 Å². The second-order valence-corrected chi connectivity index (χ2v) is 10.8. The summed E-state index contributed by atoms with van der Waals surface area (Å²) in [6.07, 6.45) is -0.561. The zero-order chi connectivity index (χ0) is 21.5. The van der Waals surface area contributed by atoms with Crippen LogP contribution in [0.15, 0.2) is 57.8 Å². The van der Waals surface area contributed by atoms with Crippen LogP contribution >= 0.6 is 24.0 Å². The van der Waals surface area contributed by atoms with Gasteiger partial charge in [-0.15, -0.1) is 24.0 Å². The first-order chi connectivity index (χ1) is 14.3. The van der Waals surface area contributed by atoms with Crippen molar-refractivity contribution >= 4 is 55.7 Å². The zero-order valence-electron chi connectivity index (χ0n) is 16.3. The first-order valence-corrected chi connectivity index (χ1v) is 11.9. The Labute approximate surface area is 184 Å². The van der Waals surface area contributed by atoms with Crippen molar-refractivity contribution in [2.24, 2.45) is 0 Å². The molecule has 0 amide bonds. The fraction of sp³-hybridized carbons (Fsp3) is 0.300. The third-order valence-electron chi connectivity index (χ3n) is 5.34. The predicted molar refractivity (Wildman–Crippen MR) is 118 cm³/mol. The number of sulfone groups is 1. The molecule has 4 rings (SSSR count). The van der Waals surface area contributed by atoms with Crippen molar-refractivity contribution in [2.75, 3.05) is 25.7 Å². The first-order valence-electron chi connectivity index (χ1n) is 9.12. The van der Waals surface area contributed by atoms with Crippen molar-refractivity contribution in [1.29, 1.82) is 0 Å². The molecule has 7 nitrogen and oxygen atoms in total. The van der Waals surface area contributed by atoms with Crippen molar-refractivity contribution in [3.63, 3.8) is 0 Å². The van der Waals surface area contributed by atoms with Crippen LogP contribution < -0.4 is 4.90 Å². The molecule has 1 fully saturated rings. The van der Waals surface area contributed by atoms with Gasteiger partial charge in [-0.25, -0.2) is 18.2 Å². The molecule has 1 saturated heterocycles. The molecule has 0 saturated carbocycles. The molecule has 0 aliphatic carbocycles. The first kappa shape index (κ1) is 21.1. The van der Waals surface area contributed by atoms with Crippen molar-refractivity contribution in [3.8, 4) is 0 Å². The number of carbonyl (C=O) groups excluding carboxylic acids is 1. The zero-order valence-corrected chi connectivity index (χ0v) is 18.8. The lowest BCUT2D eigenvalue weighted by molar-refractivity contribution is -0.143. The molecule has 2 heterocycles. The number of thiol groups is 1. The van der Waals surface area contributed by atoms with E-state index in [1.165, 1.54) is 37.7 Å². The van der Waals surface area contributed by atoms with E-state index in [-0.39, 0.29) is 17.9 Å². The SMILES string of the molecule is COC(=O)[C@]1(S(=O)(=O)c2ccccc2)C[C@H](OC)CN1c1cccc2sc(S)nc12. The highest BCUT2D eigenvalue weighted by Crippen LogP contribution is 2.45. The van der Waals surface area contributed by atoms with E-state index in [9.17, 15) is 13.2 Å². The molecular weight excluding hydrogens is 444 g/mol. The van der Waals surface area contributed by atoms with Crippen LogP contribution in [0.2, 0.25) is 0 Å². The summed E-state index contributed by atoms with van der Waals surface area (Å²) in [6, 6.07) is 13.4. The quantitative estimate of drug-likeness (QED) is 0.459. The highest BCUT2D eigenvalue weighted by Gasteiger charge is 2.62. The summed E-state index contributed by atoms with van der Waals surface area (Å²) in [7, 11) is -1.49. The summed E-state index contributed by atoms with van der Waals surface area (Å²) in [6.45, 7) is 0.191. The van der Waals surface area contributed by atoms with E-state index in [1.54, 1.807) is 35.2 Å². The number of hydrogen-bond acceptors (Lipinski definition) is 9. The number of para-hydroxylation sites is 1. The standard InChI is InChI=1S/C20H20N2O5S3/c1-26-13-11-20(18(23)27-2,30(24,25)14-7-4-3-5-8-14)22(12-13)15-9-6-10-16-17(15)21-19(28)29-16/h3-10,13H,11-12H2,1-2H3,(H,21,28)/t13-,20+/m0/s1. The molecule has 1 aromatic heterocycles. The molecule has 0 spiro atoms. The van der Waals surface area contributed by atoms with E-state index >= 15 is 0 Å². The maximum Gasteiger partial charge on any atom is 0.348 e. The van der Waals surface area contributed by atoms with Gasteiger partial charge in [0.1, 0.15) is 9.86 Å². The summed E-state index contributed by atoms with van der Waals surface area (Å²) >= 11 is 5.72. The lowest BCUT2D eigenvalue weighted by Gasteiger charge is -2.36. The molecule has 30 heavy (non-hydrogen) atoms. The largest absolute Gasteiger partial charge is 0.466 e. The minimum atomic E-state index is -4.19. The second kappa shape index (κ2) is 7.84. The normalized spacial score (nSPS) is 21.8. The summed E-state index contributed by atoms with van der Waals surface area (Å²) in [5.41, 5.74) is 1.11. The lowest BCUT2D eigenvalue weighted by Crippen LogP contribution is -2.57. The summed E-state index contributed by atoms with van der Waals surface area (Å²) < 4.78 is 39.8. The van der Waals surface area contributed by atoms with Crippen LogP contribution in [-0.2, 0) is 24.1 Å². The smallest absolute Gasteiger partial charge is 0.348 e. The van der Waals surface area contributed by atoms with E-state index < -0.39 is 26.8 Å². The van der Waals surface area contributed by atoms with Crippen LogP contribution in [0.5, 0.6) is 0 Å². The minimum Gasteiger partial charge on any atom is -0.466 e. The van der Waals surface area contributed by atoms with Gasteiger partial charge in [0.15, 0.2) is 0 Å². The molecule has 10 heteroatoms. The van der Waals surface area contributed by atoms with Crippen molar-refractivity contribution < 1.29 is 22.7 Å². The van der Waals surface area contributed by atoms with Crippen LogP contribution in [-0.4, -0.2) is 51.1 Å². The van der Waals surface area contributed by atoms with E-state index in [1.807, 2.05) is 6.07 Å². The number of anilines is 1. The summed E-state index contributed by atoms with van der Waals surface area (Å²) in [5, 5.41) is 0. The minimum absolute atomic E-state index is 0.0393. The van der Waals surface area contributed by atoms with Gasteiger partial charge in [0.2, 0.25) is 14.7 Å². The van der Waals surface area contributed by atoms with Crippen LogP contribution in [0, 0.1) is 0 Å². The highest BCUT2D eigenvalue weighted by atomic mass is 32.2. The van der Waals surface area contributed by atoms with E-state index in [0.29, 0.717) is 15.5 Å². The van der Waals surface area contributed by atoms with E-state index in [2.05, 4.69) is 17.6 Å². The number of fused-ring (bicyclic) bond motifs is 1. The van der Waals surface area contributed by atoms with Gasteiger partial charge >= 0.3 is 5.97 Å². The number of hydrogen-bond donors (Lipinski definition) is 1. The Morgan fingerprint density at radius 1 is 1.20 bits per heavy atom. The van der Waals surface area contributed by atoms with Gasteiger partial charge in [-0.05, 0) is 24.3 Å². The number of nitrogens with zero attached hydrogens (tertiary/aromatic N) is 2. The third kappa shape index (κ3) is 3.09. The molecule has 0 bridgehead atoms. The van der Waals surface area contributed by atoms with E-state index in [0.717, 1.165) is 4.70 Å². The molecule has 2 aromatic carbocycles. The Kier molecular flexibility index (Phi) is 5.52. The third-order valence-corrected chi connectivity index (χ3v) is 8.87. The molecule has 2 atom stereocenters. The average Bonchev–Trinajstić information content (AvgIpc) is 3.34. The van der Waals surface area contributed by atoms with Gasteiger partial charge in [-0.2, -0.15) is 0 Å². The van der Waals surface area contributed by atoms with Gasteiger partial charge in [-0.1, -0.05) is 24.3 Å². The molecule has 0 radical (unpaired) electrons. The number of methoxy groups -OCH3 is 2. The molecule has 3 aromatic rings. The highest BCUT2D eigenvalue weighted by molar-refractivity contribution is 7.93. The predicted octanol–water partition coefficient (Wildman–Crippen LogP) is 3.15. The van der Waals surface area contributed by atoms with Crippen LogP contribution in [0.3, 0.4) is 0 Å². The Balaban J connectivity index is 2.01. The van der Waals surface area contributed by atoms with Crippen molar-refractivity contribution in [1.82, 2.24) is 4.98 Å². The van der Waals surface area contributed by atoms with Gasteiger partial charge in [-0.3, -0.25) is 0 Å². The molecule has 0 unspecified atom stereocenters. The Bertz CT molecular complexity index is 1200. The lowest BCUT2D eigenvalue weighted by atomic mass is 10.1. The fourth-order valence-corrected chi connectivity index (χ4v) is 7.14. The summed E-state index contributed by atoms with van der Waals surface area (Å²) in [4.78, 5) is 17.3. The maximum atomic E-state index is 13.9. The monoisotopic (exact) mass is 464 g/mol. The maximum absolute atomic E-state index is 13.9. The van der Waals surface area contributed by atoms with Crippen molar-refractivity contribution in [3.05, 3.63) is 48.5 Å². The number of carbonyl (C=O) groups is 1. The average molecular weight is 465 g/mol. The van der Waals surface area contributed by atoms with Crippen molar-refractivity contribution in [2.45, 2.75) is 26.6 Å². The number of aromatic nitrogens is 1. The second-order valence-electron chi connectivity index (χ2n) is 6.89. The Hall–Kier alpha value is -2.14. The number of ether oxygens (including phenoxy) is 2. The van der Waals surface area contributed by atoms with Gasteiger partial charge in [0, 0.05) is 20.1 Å². The molecular formula is C20H20N2O5S3. The van der Waals surface area contributed by atoms with E-state index in [4.69, 9.17) is 9.47 Å². The Morgan fingerprint density at radius 3 is 2.60 bits per heavy atom. The fourth-order valence-electron chi connectivity index (χ4n) is 3.94. The van der Waals surface area contributed by atoms with Crippen LogP contribution in [0.4, 0.5) is 5.69 Å². The Morgan fingerprint density at radius 2 is 1.93 bits per heavy atom. The molecule has 1 aliphatic rings. The molecule has 158 valence electrons.